The Morgan fingerprint density at radius 3 is 2.96 bits per heavy atom. The van der Waals surface area contributed by atoms with Crippen LogP contribution < -0.4 is 4.74 Å². The van der Waals surface area contributed by atoms with Crippen molar-refractivity contribution in [1.29, 1.82) is 0 Å². The van der Waals surface area contributed by atoms with Crippen LogP contribution in [-0.4, -0.2) is 42.7 Å². The minimum atomic E-state index is -0.183. The van der Waals surface area contributed by atoms with Crippen molar-refractivity contribution in [3.05, 3.63) is 59.4 Å². The molecule has 2 heterocycles. The fraction of sp³-hybridized carbons (Fsp3) is 0.368. The van der Waals surface area contributed by atoms with Crippen LogP contribution in [0.15, 0.2) is 42.7 Å². The molecule has 0 spiro atoms. The number of aromatic nitrogens is 1. The number of ether oxygens (including phenoxy) is 2. The Kier molecular flexibility index (Phi) is 5.11. The SMILES string of the molecule is CCN(C(=O)COC)[C@@H](c1cccnc1)c1ccc2c(c1)CCO2. The second-order valence-corrected chi connectivity index (χ2v) is 5.77. The molecule has 1 amide bonds. The van der Waals surface area contributed by atoms with Gasteiger partial charge in [0.05, 0.1) is 12.6 Å². The van der Waals surface area contributed by atoms with Gasteiger partial charge in [0.15, 0.2) is 0 Å². The predicted molar refractivity (Wildman–Crippen MR) is 91.0 cm³/mol. The van der Waals surface area contributed by atoms with E-state index in [0.29, 0.717) is 6.54 Å². The van der Waals surface area contributed by atoms with Crippen molar-refractivity contribution in [2.24, 2.45) is 0 Å². The lowest BCUT2D eigenvalue weighted by Crippen LogP contribution is -2.37. The Hall–Kier alpha value is -2.40. The standard InChI is InChI=1S/C19H22N2O3/c1-3-21(18(22)13-23-2)19(16-5-4-9-20-12-16)15-6-7-17-14(11-15)8-10-24-17/h4-7,9,11-12,19H,3,8,10,13H2,1-2H3/t19-/m1/s1. The zero-order valence-electron chi connectivity index (χ0n) is 14.1. The highest BCUT2D eigenvalue weighted by Gasteiger charge is 2.27. The van der Waals surface area contributed by atoms with Gasteiger partial charge in [0.25, 0.3) is 0 Å². The number of likely N-dealkylation sites (N-methyl/N-ethyl adjacent to an activating group) is 1. The molecule has 24 heavy (non-hydrogen) atoms. The van der Waals surface area contributed by atoms with Gasteiger partial charge in [0, 0.05) is 32.5 Å². The maximum Gasteiger partial charge on any atom is 0.249 e. The molecule has 2 aromatic rings. The van der Waals surface area contributed by atoms with Crippen LogP contribution in [0.5, 0.6) is 5.75 Å². The fourth-order valence-electron chi connectivity index (χ4n) is 3.18. The third-order valence-electron chi connectivity index (χ3n) is 4.27. The summed E-state index contributed by atoms with van der Waals surface area (Å²) in [4.78, 5) is 18.6. The quantitative estimate of drug-likeness (QED) is 0.819. The lowest BCUT2D eigenvalue weighted by Gasteiger charge is -2.31. The maximum atomic E-state index is 12.6. The van der Waals surface area contributed by atoms with E-state index < -0.39 is 0 Å². The molecule has 0 unspecified atom stereocenters. The fourth-order valence-corrected chi connectivity index (χ4v) is 3.18. The molecular formula is C19H22N2O3. The summed E-state index contributed by atoms with van der Waals surface area (Å²) in [5, 5.41) is 0. The molecule has 0 radical (unpaired) electrons. The first-order valence-electron chi connectivity index (χ1n) is 8.18. The van der Waals surface area contributed by atoms with Gasteiger partial charge in [-0.05, 0) is 41.8 Å². The molecule has 3 rings (SSSR count). The van der Waals surface area contributed by atoms with Crippen molar-refractivity contribution in [3.8, 4) is 5.75 Å². The van der Waals surface area contributed by atoms with Gasteiger partial charge in [-0.1, -0.05) is 12.1 Å². The van der Waals surface area contributed by atoms with Crippen LogP contribution in [0, 0.1) is 0 Å². The summed E-state index contributed by atoms with van der Waals surface area (Å²) in [7, 11) is 1.54. The topological polar surface area (TPSA) is 51.7 Å². The average molecular weight is 326 g/mol. The van der Waals surface area contributed by atoms with Crippen molar-refractivity contribution < 1.29 is 14.3 Å². The molecule has 0 fully saturated rings. The van der Waals surface area contributed by atoms with Crippen molar-refractivity contribution in [2.45, 2.75) is 19.4 Å². The minimum absolute atomic E-state index is 0.0365. The average Bonchev–Trinajstić information content (AvgIpc) is 3.08. The highest BCUT2D eigenvalue weighted by atomic mass is 16.5. The molecule has 0 aliphatic carbocycles. The Balaban J connectivity index is 2.03. The molecule has 0 N–H and O–H groups in total. The molecule has 1 aliphatic rings. The van der Waals surface area contributed by atoms with Crippen LogP contribution >= 0.6 is 0 Å². The van der Waals surface area contributed by atoms with Gasteiger partial charge in [-0.25, -0.2) is 0 Å². The molecule has 0 saturated carbocycles. The second-order valence-electron chi connectivity index (χ2n) is 5.77. The molecule has 0 bridgehead atoms. The maximum absolute atomic E-state index is 12.6. The Labute approximate surface area is 142 Å². The summed E-state index contributed by atoms with van der Waals surface area (Å²) in [6.45, 7) is 3.36. The van der Waals surface area contributed by atoms with Crippen LogP contribution in [0.25, 0.3) is 0 Å². The lowest BCUT2D eigenvalue weighted by atomic mass is 9.96. The van der Waals surface area contributed by atoms with Gasteiger partial charge in [0.1, 0.15) is 12.4 Å². The molecule has 5 nitrogen and oxygen atoms in total. The predicted octanol–water partition coefficient (Wildman–Crippen LogP) is 2.60. The minimum Gasteiger partial charge on any atom is -0.493 e. The van der Waals surface area contributed by atoms with Gasteiger partial charge in [-0.3, -0.25) is 9.78 Å². The number of hydrogen-bond donors (Lipinski definition) is 0. The number of carbonyl (C=O) groups is 1. The van der Waals surface area contributed by atoms with Crippen LogP contribution in [0.1, 0.15) is 29.7 Å². The third-order valence-corrected chi connectivity index (χ3v) is 4.27. The van der Waals surface area contributed by atoms with Crippen molar-refractivity contribution in [2.75, 3.05) is 26.9 Å². The molecule has 1 aromatic carbocycles. The highest BCUT2D eigenvalue weighted by Crippen LogP contribution is 2.33. The van der Waals surface area contributed by atoms with Gasteiger partial charge < -0.3 is 14.4 Å². The first-order valence-corrected chi connectivity index (χ1v) is 8.18. The normalized spacial score (nSPS) is 13.9. The highest BCUT2D eigenvalue weighted by molar-refractivity contribution is 5.78. The van der Waals surface area contributed by atoms with E-state index in [1.54, 1.807) is 6.20 Å². The van der Waals surface area contributed by atoms with E-state index in [1.165, 1.54) is 12.7 Å². The number of amides is 1. The van der Waals surface area contributed by atoms with E-state index >= 15 is 0 Å². The number of methoxy groups -OCH3 is 1. The Morgan fingerprint density at radius 2 is 2.25 bits per heavy atom. The number of fused-ring (bicyclic) bond motifs is 1. The Morgan fingerprint density at radius 1 is 1.38 bits per heavy atom. The lowest BCUT2D eigenvalue weighted by molar-refractivity contribution is -0.136. The summed E-state index contributed by atoms with van der Waals surface area (Å²) in [6, 6.07) is 9.89. The van der Waals surface area contributed by atoms with Crippen molar-refractivity contribution >= 4 is 5.91 Å². The van der Waals surface area contributed by atoms with E-state index in [9.17, 15) is 4.79 Å². The molecule has 1 atom stereocenters. The Bertz CT molecular complexity index is 703. The summed E-state index contributed by atoms with van der Waals surface area (Å²) >= 11 is 0. The van der Waals surface area contributed by atoms with Crippen LogP contribution in [0.3, 0.4) is 0 Å². The number of benzene rings is 1. The van der Waals surface area contributed by atoms with Gasteiger partial charge >= 0.3 is 0 Å². The van der Waals surface area contributed by atoms with E-state index in [-0.39, 0.29) is 18.6 Å². The third kappa shape index (κ3) is 3.26. The summed E-state index contributed by atoms with van der Waals surface area (Å²) in [5.74, 6) is 0.903. The number of rotatable bonds is 6. The van der Waals surface area contributed by atoms with Gasteiger partial charge in [-0.2, -0.15) is 0 Å². The first-order chi connectivity index (χ1) is 11.7. The smallest absolute Gasteiger partial charge is 0.249 e. The monoisotopic (exact) mass is 326 g/mol. The summed E-state index contributed by atoms with van der Waals surface area (Å²) < 4.78 is 10.7. The molecule has 5 heteroatoms. The number of hydrogen-bond acceptors (Lipinski definition) is 4. The van der Waals surface area contributed by atoms with Crippen molar-refractivity contribution in [3.63, 3.8) is 0 Å². The van der Waals surface area contributed by atoms with E-state index in [0.717, 1.165) is 29.9 Å². The summed E-state index contributed by atoms with van der Waals surface area (Å²) in [6.07, 6.45) is 4.46. The zero-order valence-corrected chi connectivity index (χ0v) is 14.1. The van der Waals surface area contributed by atoms with Crippen LogP contribution in [-0.2, 0) is 16.0 Å². The van der Waals surface area contributed by atoms with Gasteiger partial charge in [-0.15, -0.1) is 0 Å². The van der Waals surface area contributed by atoms with Gasteiger partial charge in [0.2, 0.25) is 5.91 Å². The molecule has 1 aliphatic heterocycles. The van der Waals surface area contributed by atoms with E-state index in [2.05, 4.69) is 11.1 Å². The number of carbonyl (C=O) groups excluding carboxylic acids is 1. The summed E-state index contributed by atoms with van der Waals surface area (Å²) in [5.41, 5.74) is 3.25. The zero-order chi connectivity index (χ0) is 16.9. The molecular weight excluding hydrogens is 304 g/mol. The first kappa shape index (κ1) is 16.5. The molecule has 126 valence electrons. The van der Waals surface area contributed by atoms with E-state index in [4.69, 9.17) is 9.47 Å². The van der Waals surface area contributed by atoms with E-state index in [1.807, 2.05) is 42.3 Å². The van der Waals surface area contributed by atoms with Crippen LogP contribution in [0.4, 0.5) is 0 Å². The number of nitrogens with zero attached hydrogens (tertiary/aromatic N) is 2. The second kappa shape index (κ2) is 7.45. The van der Waals surface area contributed by atoms with Crippen LogP contribution in [0.2, 0.25) is 0 Å². The van der Waals surface area contributed by atoms with Crippen molar-refractivity contribution in [1.82, 2.24) is 9.88 Å². The largest absolute Gasteiger partial charge is 0.493 e. The molecule has 0 saturated heterocycles. The molecule has 1 aromatic heterocycles. The number of pyridine rings is 1.